The number of ether oxygens (including phenoxy) is 1. The molecule has 0 spiro atoms. The van der Waals surface area contributed by atoms with Crippen molar-refractivity contribution in [2.75, 3.05) is 6.61 Å². The Morgan fingerprint density at radius 3 is 2.31 bits per heavy atom. The number of carbonyl (C=O) groups is 4. The van der Waals surface area contributed by atoms with Crippen LogP contribution in [0.1, 0.15) is 90.4 Å². The van der Waals surface area contributed by atoms with Crippen LogP contribution in [-0.4, -0.2) is 74.5 Å². The predicted octanol–water partition coefficient (Wildman–Crippen LogP) is 4.24. The minimum Gasteiger partial charge on any atom is -0.484 e. The molecular formula is C41H59N7O6. The van der Waals surface area contributed by atoms with E-state index in [1.165, 1.54) is 6.33 Å². The number of aliphatic hydroxyl groups excluding tert-OH is 1. The first-order chi connectivity index (χ1) is 26.0. The topological polar surface area (TPSA) is 187 Å². The second-order valence-electron chi connectivity index (χ2n) is 14.9. The molecule has 13 heteroatoms. The van der Waals surface area contributed by atoms with Crippen LogP contribution in [0.3, 0.4) is 0 Å². The number of nitrogens with one attached hydrogen (secondary N) is 5. The third kappa shape index (κ3) is 13.6. The molecule has 0 bridgehead atoms. The number of rotatable bonds is 21. The second-order valence-corrected chi connectivity index (χ2v) is 14.9. The number of carbonyl (C=O) groups excluding carboxylic acids is 4. The van der Waals surface area contributed by atoms with Crippen LogP contribution in [0.5, 0.6) is 5.75 Å². The molecule has 0 aliphatic heterocycles. The van der Waals surface area contributed by atoms with E-state index in [2.05, 4.69) is 36.2 Å². The first-order valence-corrected chi connectivity index (χ1v) is 19.4. The van der Waals surface area contributed by atoms with Gasteiger partial charge in [-0.25, -0.2) is 4.98 Å². The van der Waals surface area contributed by atoms with Gasteiger partial charge in [-0.3, -0.25) is 24.2 Å². The normalized spacial score (nSPS) is 16.6. The minimum atomic E-state index is -1.07. The first-order valence-electron chi connectivity index (χ1n) is 19.4. The molecule has 3 aromatic rings. The summed E-state index contributed by atoms with van der Waals surface area (Å²) in [5, 5.41) is 23.7. The molecule has 1 saturated carbocycles. The molecule has 294 valence electrons. The number of imidazole rings is 1. The Balaban J connectivity index is 1.47. The van der Waals surface area contributed by atoms with E-state index in [0.717, 1.165) is 32.1 Å². The molecule has 1 aliphatic carbocycles. The van der Waals surface area contributed by atoms with Gasteiger partial charge < -0.3 is 36.1 Å². The summed E-state index contributed by atoms with van der Waals surface area (Å²) in [6.45, 7) is 7.67. The van der Waals surface area contributed by atoms with E-state index >= 15 is 0 Å². The Kier molecular flexibility index (Phi) is 16.9. The van der Waals surface area contributed by atoms with Crippen molar-refractivity contribution in [3.05, 3.63) is 78.6 Å². The summed E-state index contributed by atoms with van der Waals surface area (Å²) in [7, 11) is 0. The number of pyridine rings is 1. The zero-order valence-corrected chi connectivity index (χ0v) is 32.1. The number of aromatic amines is 1. The van der Waals surface area contributed by atoms with E-state index in [4.69, 9.17) is 4.74 Å². The van der Waals surface area contributed by atoms with E-state index in [1.54, 1.807) is 42.7 Å². The van der Waals surface area contributed by atoms with Gasteiger partial charge in [-0.2, -0.15) is 0 Å². The lowest BCUT2D eigenvalue weighted by Crippen LogP contribution is -2.55. The average Bonchev–Trinajstić information content (AvgIpc) is 3.70. The van der Waals surface area contributed by atoms with Crippen LogP contribution < -0.4 is 26.0 Å². The third-order valence-electron chi connectivity index (χ3n) is 10.4. The SMILES string of the molecule is CC[C@H](C)[C@H](NC(=O)[C@@H](C[C@H](O)[C@H](CC1CCCCC1)NC(=O)[C@H](Cc1cnc[nH]1)NC(=O)COc1ccccc1)C(C)C)C(=O)NCc1ccccn1. The standard InChI is InChI=1S/C41H59N7O6/c1-5-28(4)38(41(53)44-24-30-16-12-13-19-43-30)48-39(51)33(27(2)3)22-36(49)34(20-29-14-8-6-9-15-29)47-40(52)35(21-31-23-42-26-45-31)46-37(50)25-54-32-17-10-7-11-18-32/h7,10-13,16-19,23,26-29,33-36,38,49H,5-6,8-9,14-15,20-22,24-25H2,1-4H3,(H,42,45)(H,44,53)(H,46,50)(H,47,52)(H,48,51)/t28-,33-,34-,35-,36-,38-/m0/s1. The highest BCUT2D eigenvalue weighted by Gasteiger charge is 2.36. The van der Waals surface area contributed by atoms with Crippen LogP contribution in [0, 0.1) is 23.7 Å². The maximum Gasteiger partial charge on any atom is 0.258 e. The van der Waals surface area contributed by atoms with Crippen molar-refractivity contribution in [1.29, 1.82) is 0 Å². The maximum atomic E-state index is 14.0. The van der Waals surface area contributed by atoms with Gasteiger partial charge in [0.25, 0.3) is 5.91 Å². The van der Waals surface area contributed by atoms with Crippen molar-refractivity contribution in [1.82, 2.24) is 36.2 Å². The fraction of sp³-hybridized carbons (Fsp3) is 0.561. The number of amides is 4. The molecule has 6 atom stereocenters. The molecule has 13 nitrogen and oxygen atoms in total. The fourth-order valence-corrected chi connectivity index (χ4v) is 6.96. The summed E-state index contributed by atoms with van der Waals surface area (Å²) in [5.74, 6) is -1.68. The van der Waals surface area contributed by atoms with Crippen LogP contribution in [0.2, 0.25) is 0 Å². The molecule has 1 fully saturated rings. The minimum absolute atomic E-state index is 0.0758. The quantitative estimate of drug-likeness (QED) is 0.0935. The van der Waals surface area contributed by atoms with Gasteiger partial charge in [0.05, 0.1) is 30.7 Å². The number of para-hydroxylation sites is 1. The lowest BCUT2D eigenvalue weighted by atomic mass is 9.81. The van der Waals surface area contributed by atoms with Crippen molar-refractivity contribution in [3.8, 4) is 5.75 Å². The van der Waals surface area contributed by atoms with E-state index in [-0.39, 0.29) is 49.6 Å². The molecule has 4 amide bonds. The van der Waals surface area contributed by atoms with Crippen LogP contribution in [0.4, 0.5) is 0 Å². The maximum absolute atomic E-state index is 14.0. The zero-order valence-electron chi connectivity index (χ0n) is 32.1. The van der Waals surface area contributed by atoms with Gasteiger partial charge in [-0.1, -0.05) is 90.5 Å². The summed E-state index contributed by atoms with van der Waals surface area (Å²) in [6, 6.07) is 12.0. The summed E-state index contributed by atoms with van der Waals surface area (Å²) in [4.78, 5) is 65.8. The highest BCUT2D eigenvalue weighted by Crippen LogP contribution is 2.30. The number of hydrogen-bond donors (Lipinski definition) is 6. The van der Waals surface area contributed by atoms with Gasteiger partial charge >= 0.3 is 0 Å². The summed E-state index contributed by atoms with van der Waals surface area (Å²) < 4.78 is 5.62. The van der Waals surface area contributed by atoms with Crippen molar-refractivity contribution >= 4 is 23.6 Å². The molecule has 54 heavy (non-hydrogen) atoms. The number of H-pyrrole nitrogens is 1. The Bertz CT molecular complexity index is 1570. The van der Waals surface area contributed by atoms with E-state index < -0.39 is 42.0 Å². The van der Waals surface area contributed by atoms with Crippen LogP contribution in [0.25, 0.3) is 0 Å². The van der Waals surface area contributed by atoms with Crippen molar-refractivity contribution in [2.45, 2.75) is 116 Å². The smallest absolute Gasteiger partial charge is 0.258 e. The van der Waals surface area contributed by atoms with Crippen molar-refractivity contribution in [3.63, 3.8) is 0 Å². The molecule has 1 aromatic carbocycles. The summed E-state index contributed by atoms with van der Waals surface area (Å²) in [6.07, 6.45) is 10.4. The van der Waals surface area contributed by atoms with Crippen molar-refractivity contribution < 1.29 is 29.0 Å². The molecule has 0 saturated heterocycles. The van der Waals surface area contributed by atoms with Gasteiger partial charge in [0.2, 0.25) is 17.7 Å². The lowest BCUT2D eigenvalue weighted by molar-refractivity contribution is -0.134. The van der Waals surface area contributed by atoms with Gasteiger partial charge in [0, 0.05) is 30.4 Å². The highest BCUT2D eigenvalue weighted by atomic mass is 16.5. The molecule has 2 heterocycles. The number of hydrogen-bond acceptors (Lipinski definition) is 8. The first kappa shape index (κ1) is 42.0. The van der Waals surface area contributed by atoms with Crippen LogP contribution in [0.15, 0.2) is 67.3 Å². The third-order valence-corrected chi connectivity index (χ3v) is 10.4. The van der Waals surface area contributed by atoms with Gasteiger partial charge in [0.1, 0.15) is 17.8 Å². The Hall–Kier alpha value is -4.78. The molecule has 1 aliphatic rings. The van der Waals surface area contributed by atoms with Gasteiger partial charge in [-0.05, 0) is 54.9 Å². The molecular weight excluding hydrogens is 686 g/mol. The fourth-order valence-electron chi connectivity index (χ4n) is 6.96. The highest BCUT2D eigenvalue weighted by molar-refractivity contribution is 5.89. The van der Waals surface area contributed by atoms with E-state index in [9.17, 15) is 24.3 Å². The average molecular weight is 746 g/mol. The van der Waals surface area contributed by atoms with E-state index in [0.29, 0.717) is 35.9 Å². The number of aromatic nitrogens is 3. The molecule has 0 radical (unpaired) electrons. The molecule has 6 N–H and O–H groups in total. The molecule has 0 unspecified atom stereocenters. The van der Waals surface area contributed by atoms with Gasteiger partial charge in [0.15, 0.2) is 6.61 Å². The summed E-state index contributed by atoms with van der Waals surface area (Å²) >= 11 is 0. The summed E-state index contributed by atoms with van der Waals surface area (Å²) in [5.41, 5.74) is 1.36. The van der Waals surface area contributed by atoms with Crippen LogP contribution in [-0.2, 0) is 32.1 Å². The largest absolute Gasteiger partial charge is 0.484 e. The Morgan fingerprint density at radius 2 is 1.67 bits per heavy atom. The van der Waals surface area contributed by atoms with Gasteiger partial charge in [-0.15, -0.1) is 0 Å². The number of aliphatic hydroxyl groups is 1. The Morgan fingerprint density at radius 1 is 0.926 bits per heavy atom. The molecule has 2 aromatic heterocycles. The number of benzene rings is 1. The second kappa shape index (κ2) is 21.8. The zero-order chi connectivity index (χ0) is 38.9. The number of nitrogens with zero attached hydrogens (tertiary/aromatic N) is 2. The molecule has 4 rings (SSSR count). The monoisotopic (exact) mass is 745 g/mol. The van der Waals surface area contributed by atoms with Crippen LogP contribution >= 0.6 is 0 Å². The van der Waals surface area contributed by atoms with Crippen molar-refractivity contribution in [2.24, 2.45) is 23.7 Å². The van der Waals surface area contributed by atoms with E-state index in [1.807, 2.05) is 45.9 Å². The Labute approximate surface area is 319 Å². The lowest BCUT2D eigenvalue weighted by Gasteiger charge is -2.34. The predicted molar refractivity (Wildman–Crippen MR) is 206 cm³/mol.